The lowest BCUT2D eigenvalue weighted by atomic mass is 9.98. The molecule has 2 aliphatic heterocycles. The maximum Gasteiger partial charge on any atom is 0.378 e. The van der Waals surface area contributed by atoms with E-state index in [9.17, 15) is 45.3 Å². The number of Topliss-reactive ketones (excluding diaryl/α,β-unsaturated/α-hetero) is 1. The van der Waals surface area contributed by atoms with Gasteiger partial charge in [-0.1, -0.05) is 32.6 Å². The number of unbranched alkanes of at least 4 members (excludes halogenated alkanes) is 4. The van der Waals surface area contributed by atoms with Gasteiger partial charge in [0.1, 0.15) is 36.6 Å². The van der Waals surface area contributed by atoms with Gasteiger partial charge in [0.05, 0.1) is 6.61 Å². The normalized spacial score (nSPS) is 32.5. The Kier molecular flexibility index (Phi) is 9.83. The second-order valence-electron chi connectivity index (χ2n) is 7.92. The van der Waals surface area contributed by atoms with Gasteiger partial charge in [0, 0.05) is 6.42 Å². The van der Waals surface area contributed by atoms with Crippen LogP contribution in [0.4, 0.5) is 0 Å². The minimum atomic E-state index is -1.97. The molecule has 8 atom stereocenters. The second kappa shape index (κ2) is 11.9. The molecule has 0 saturated carbocycles. The predicted molar refractivity (Wildman–Crippen MR) is 105 cm³/mol. The van der Waals surface area contributed by atoms with Gasteiger partial charge in [-0.25, -0.2) is 4.79 Å². The van der Waals surface area contributed by atoms with E-state index >= 15 is 0 Å². The second-order valence-corrected chi connectivity index (χ2v) is 7.92. The molecule has 12 nitrogen and oxygen atoms in total. The third kappa shape index (κ3) is 5.95. The van der Waals surface area contributed by atoms with Crippen LogP contribution in [0.3, 0.4) is 0 Å². The van der Waals surface area contributed by atoms with Crippen molar-refractivity contribution in [2.45, 2.75) is 94.5 Å². The monoisotopic (exact) mass is 464 g/mol. The number of aliphatic hydroxyl groups is 7. The van der Waals surface area contributed by atoms with E-state index in [4.69, 9.17) is 14.2 Å². The quantitative estimate of drug-likeness (QED) is 0.126. The topological polar surface area (TPSA) is 203 Å². The molecule has 0 aromatic rings. The number of carbonyl (C=O) groups is 2. The van der Waals surface area contributed by atoms with Crippen molar-refractivity contribution in [1.29, 1.82) is 0 Å². The van der Waals surface area contributed by atoms with Crippen molar-refractivity contribution >= 4 is 11.8 Å². The molecule has 12 heteroatoms. The molecule has 1 saturated heterocycles. The molecule has 0 radical (unpaired) electrons. The number of ketones is 1. The number of carbonyl (C=O) groups excluding carboxylic acids is 2. The molecule has 0 aromatic heterocycles. The van der Waals surface area contributed by atoms with Gasteiger partial charge in [0.15, 0.2) is 17.6 Å². The Balaban J connectivity index is 2.02. The Morgan fingerprint density at radius 3 is 2.34 bits per heavy atom. The van der Waals surface area contributed by atoms with Gasteiger partial charge in [-0.2, -0.15) is 0 Å². The largest absolute Gasteiger partial charge is 0.505 e. The van der Waals surface area contributed by atoms with Crippen LogP contribution >= 0.6 is 0 Å². The number of cyclic esters (lactones) is 1. The first-order chi connectivity index (χ1) is 15.1. The molecule has 1 fully saturated rings. The average Bonchev–Trinajstić information content (AvgIpc) is 3.06. The van der Waals surface area contributed by atoms with Gasteiger partial charge in [-0.05, 0) is 6.42 Å². The van der Waals surface area contributed by atoms with Crippen molar-refractivity contribution in [3.63, 3.8) is 0 Å². The third-order valence-electron chi connectivity index (χ3n) is 5.49. The molecular formula is C20H32O12. The summed E-state index contributed by atoms with van der Waals surface area (Å²) in [7, 11) is 0. The third-order valence-corrected chi connectivity index (χ3v) is 5.49. The number of hydrogen-bond acceptors (Lipinski definition) is 12. The Labute approximate surface area is 184 Å². The van der Waals surface area contributed by atoms with E-state index in [-0.39, 0.29) is 6.42 Å². The zero-order valence-corrected chi connectivity index (χ0v) is 17.7. The summed E-state index contributed by atoms with van der Waals surface area (Å²) in [5.74, 6) is -3.78. The summed E-state index contributed by atoms with van der Waals surface area (Å²) in [6.45, 7) is 1.30. The first-order valence-electron chi connectivity index (χ1n) is 10.6. The van der Waals surface area contributed by atoms with Crippen LogP contribution in [0.25, 0.3) is 0 Å². The van der Waals surface area contributed by atoms with E-state index in [0.717, 1.165) is 25.7 Å². The van der Waals surface area contributed by atoms with Crippen molar-refractivity contribution in [3.05, 3.63) is 11.5 Å². The minimum absolute atomic E-state index is 0.00130. The van der Waals surface area contributed by atoms with E-state index in [2.05, 4.69) is 0 Å². The summed E-state index contributed by atoms with van der Waals surface area (Å²) < 4.78 is 15.0. The molecule has 184 valence electrons. The predicted octanol–water partition coefficient (Wildman–Crippen LogP) is -1.85. The number of ether oxygens (including phenoxy) is 3. The van der Waals surface area contributed by atoms with Crippen LogP contribution in [-0.4, -0.2) is 103 Å². The fourth-order valence-electron chi connectivity index (χ4n) is 3.49. The lowest BCUT2D eigenvalue weighted by Gasteiger charge is -2.39. The number of hydrogen-bond donors (Lipinski definition) is 7. The maximum absolute atomic E-state index is 12.1. The van der Waals surface area contributed by atoms with Crippen molar-refractivity contribution in [1.82, 2.24) is 0 Å². The highest BCUT2D eigenvalue weighted by atomic mass is 16.7. The van der Waals surface area contributed by atoms with E-state index in [1.165, 1.54) is 0 Å². The highest BCUT2D eigenvalue weighted by Gasteiger charge is 2.49. The van der Waals surface area contributed by atoms with Gasteiger partial charge in [0.2, 0.25) is 12.0 Å². The molecular weight excluding hydrogens is 432 g/mol. The molecule has 2 heterocycles. The van der Waals surface area contributed by atoms with Crippen molar-refractivity contribution in [2.75, 3.05) is 6.61 Å². The lowest BCUT2D eigenvalue weighted by molar-refractivity contribution is -0.291. The van der Waals surface area contributed by atoms with Crippen molar-refractivity contribution < 1.29 is 59.5 Å². The first kappa shape index (κ1) is 26.5. The standard InChI is InChI=1S/C20H32O12/c1-2-3-4-5-6-7-9(22)11(23)14(26)17-16(28)18(19(29)31-17)32-20-15(27)13(25)12(24)10(8-21)30-20/h10-15,17,20-21,23-28H,2-8H2,1H3/t10-,11?,12-,13+,14+,15-,17?,20?/m1/s1. The van der Waals surface area contributed by atoms with E-state index in [1.54, 1.807) is 0 Å². The molecule has 0 aromatic carbocycles. The van der Waals surface area contributed by atoms with E-state index in [0.29, 0.717) is 6.42 Å². The summed E-state index contributed by atoms with van der Waals surface area (Å²) >= 11 is 0. The highest BCUT2D eigenvalue weighted by molar-refractivity contribution is 5.90. The summed E-state index contributed by atoms with van der Waals surface area (Å²) in [6, 6.07) is 0. The smallest absolute Gasteiger partial charge is 0.378 e. The van der Waals surface area contributed by atoms with Crippen LogP contribution in [0, 0.1) is 0 Å². The zero-order chi connectivity index (χ0) is 24.0. The summed E-state index contributed by atoms with van der Waals surface area (Å²) in [5.41, 5.74) is 0. The fraction of sp³-hybridized carbons (Fsp3) is 0.800. The van der Waals surface area contributed by atoms with Crippen LogP contribution < -0.4 is 0 Å². The molecule has 0 amide bonds. The maximum atomic E-state index is 12.1. The molecule has 2 rings (SSSR count). The molecule has 32 heavy (non-hydrogen) atoms. The molecule has 2 aliphatic rings. The molecule has 3 unspecified atom stereocenters. The molecule has 0 bridgehead atoms. The van der Waals surface area contributed by atoms with E-state index in [1.807, 2.05) is 6.92 Å². The SMILES string of the molecule is CCCCCCCC(=O)C(O)[C@H](O)C1OC(=O)C(OC2O[C@H](CO)[C@@H](O)[C@H](O)[C@H]2O)=C1O. The van der Waals surface area contributed by atoms with Crippen LogP contribution in [0.2, 0.25) is 0 Å². The number of esters is 1. The zero-order valence-electron chi connectivity index (χ0n) is 17.7. The van der Waals surface area contributed by atoms with Crippen LogP contribution in [0.1, 0.15) is 45.4 Å². The van der Waals surface area contributed by atoms with E-state index < -0.39 is 78.9 Å². The minimum Gasteiger partial charge on any atom is -0.505 e. The Morgan fingerprint density at radius 2 is 1.72 bits per heavy atom. The first-order valence-corrected chi connectivity index (χ1v) is 10.6. The Hall–Kier alpha value is -1.80. The molecule has 7 N–H and O–H groups in total. The highest BCUT2D eigenvalue weighted by Crippen LogP contribution is 2.30. The molecule has 0 aliphatic carbocycles. The number of rotatable bonds is 12. The Morgan fingerprint density at radius 1 is 1.06 bits per heavy atom. The van der Waals surface area contributed by atoms with Gasteiger partial charge < -0.3 is 50.0 Å². The van der Waals surface area contributed by atoms with Crippen molar-refractivity contribution in [2.24, 2.45) is 0 Å². The van der Waals surface area contributed by atoms with Gasteiger partial charge >= 0.3 is 5.97 Å². The van der Waals surface area contributed by atoms with Crippen molar-refractivity contribution in [3.8, 4) is 0 Å². The van der Waals surface area contributed by atoms with Crippen LogP contribution in [0.5, 0.6) is 0 Å². The summed E-state index contributed by atoms with van der Waals surface area (Å²) in [5, 5.41) is 69.4. The average molecular weight is 464 g/mol. The molecule has 0 spiro atoms. The Bertz CT molecular complexity index is 677. The summed E-state index contributed by atoms with van der Waals surface area (Å²) in [6.07, 6.45) is -9.83. The number of aliphatic hydroxyl groups excluding tert-OH is 7. The van der Waals surface area contributed by atoms with Crippen LogP contribution in [-0.2, 0) is 23.8 Å². The fourth-order valence-corrected chi connectivity index (χ4v) is 3.49. The van der Waals surface area contributed by atoms with Crippen LogP contribution in [0.15, 0.2) is 11.5 Å². The lowest BCUT2D eigenvalue weighted by Crippen LogP contribution is -2.59. The van der Waals surface area contributed by atoms with Gasteiger partial charge in [0.25, 0.3) is 0 Å². The van der Waals surface area contributed by atoms with Gasteiger partial charge in [-0.15, -0.1) is 0 Å². The van der Waals surface area contributed by atoms with Gasteiger partial charge in [-0.3, -0.25) is 4.79 Å². The summed E-state index contributed by atoms with van der Waals surface area (Å²) in [4.78, 5) is 24.2.